The van der Waals surface area contributed by atoms with Crippen LogP contribution in [0.1, 0.15) is 24.8 Å². The van der Waals surface area contributed by atoms with Crippen molar-refractivity contribution in [3.63, 3.8) is 0 Å². The highest BCUT2D eigenvalue weighted by Gasteiger charge is 2.42. The van der Waals surface area contributed by atoms with Crippen molar-refractivity contribution in [3.8, 4) is 11.5 Å². The number of nitrogens with zero attached hydrogens (tertiary/aromatic N) is 2. The Morgan fingerprint density at radius 1 is 1.00 bits per heavy atom. The van der Waals surface area contributed by atoms with E-state index in [1.807, 2.05) is 47.4 Å². The molecule has 0 aliphatic carbocycles. The van der Waals surface area contributed by atoms with Crippen LogP contribution in [0.25, 0.3) is 0 Å². The fraction of sp³-hybridized carbons (Fsp3) is 0.435. The van der Waals surface area contributed by atoms with E-state index in [9.17, 15) is 4.79 Å². The Morgan fingerprint density at radius 3 is 2.61 bits per heavy atom. The zero-order valence-electron chi connectivity index (χ0n) is 16.5. The number of ether oxygens (including phenoxy) is 2. The van der Waals surface area contributed by atoms with Gasteiger partial charge in [-0.25, -0.2) is 4.79 Å². The van der Waals surface area contributed by atoms with E-state index in [1.54, 1.807) is 7.11 Å². The predicted molar refractivity (Wildman–Crippen MR) is 109 cm³/mol. The third-order valence-electron chi connectivity index (χ3n) is 5.97. The van der Waals surface area contributed by atoms with E-state index in [-0.39, 0.29) is 11.5 Å². The Kier molecular flexibility index (Phi) is 5.53. The molecule has 2 saturated heterocycles. The van der Waals surface area contributed by atoms with E-state index in [4.69, 9.17) is 9.47 Å². The molecule has 28 heavy (non-hydrogen) atoms. The van der Waals surface area contributed by atoms with E-state index in [1.165, 1.54) is 12.0 Å². The summed E-state index contributed by atoms with van der Waals surface area (Å²) in [4.78, 5) is 17.0. The Morgan fingerprint density at radius 2 is 1.79 bits per heavy atom. The van der Waals surface area contributed by atoms with Crippen LogP contribution >= 0.6 is 0 Å². The predicted octanol–water partition coefficient (Wildman–Crippen LogP) is 4.18. The fourth-order valence-electron chi connectivity index (χ4n) is 4.59. The molecule has 0 unspecified atom stereocenters. The van der Waals surface area contributed by atoms with Crippen LogP contribution in [0, 0.1) is 5.41 Å². The van der Waals surface area contributed by atoms with Crippen LogP contribution in [0.4, 0.5) is 4.79 Å². The Labute approximate surface area is 166 Å². The molecule has 5 heteroatoms. The van der Waals surface area contributed by atoms with Crippen molar-refractivity contribution < 1.29 is 14.3 Å². The number of carbonyl (C=O) groups excluding carboxylic acids is 1. The van der Waals surface area contributed by atoms with Crippen LogP contribution in [0.15, 0.2) is 54.6 Å². The standard InChI is InChI=1S/C23H28N2O3/c1-27-21-11-6-5-8-19(21)16-24-15-13-23(17-24)12-7-14-25(18-23)22(26)28-20-9-3-2-4-10-20/h2-6,8-11H,7,12-18H2,1H3/t23-/m0/s1. The molecule has 1 spiro atoms. The second kappa shape index (κ2) is 8.23. The van der Waals surface area contributed by atoms with Gasteiger partial charge >= 0.3 is 6.09 Å². The lowest BCUT2D eigenvalue weighted by molar-refractivity contribution is 0.0843. The lowest BCUT2D eigenvalue weighted by Crippen LogP contribution is -2.48. The van der Waals surface area contributed by atoms with Crippen LogP contribution in [0.2, 0.25) is 0 Å². The summed E-state index contributed by atoms with van der Waals surface area (Å²) in [6, 6.07) is 17.5. The number of para-hydroxylation sites is 2. The summed E-state index contributed by atoms with van der Waals surface area (Å²) >= 11 is 0. The smallest absolute Gasteiger partial charge is 0.415 e. The molecule has 0 N–H and O–H groups in total. The minimum atomic E-state index is -0.228. The summed E-state index contributed by atoms with van der Waals surface area (Å²) < 4.78 is 11.1. The van der Waals surface area contributed by atoms with Crippen molar-refractivity contribution in [2.24, 2.45) is 5.41 Å². The van der Waals surface area contributed by atoms with Crippen LogP contribution in [-0.4, -0.2) is 49.2 Å². The van der Waals surface area contributed by atoms with Gasteiger partial charge in [-0.15, -0.1) is 0 Å². The maximum atomic E-state index is 12.6. The van der Waals surface area contributed by atoms with Gasteiger partial charge in [0.2, 0.25) is 0 Å². The summed E-state index contributed by atoms with van der Waals surface area (Å²) in [7, 11) is 1.72. The zero-order chi connectivity index (χ0) is 19.4. The van der Waals surface area contributed by atoms with Gasteiger partial charge in [-0.05, 0) is 44.0 Å². The average molecular weight is 380 g/mol. The molecular formula is C23H28N2O3. The molecule has 2 fully saturated rings. The lowest BCUT2D eigenvalue weighted by atomic mass is 9.79. The minimum Gasteiger partial charge on any atom is -0.496 e. The fourth-order valence-corrected chi connectivity index (χ4v) is 4.59. The number of hydrogen-bond donors (Lipinski definition) is 0. The van der Waals surface area contributed by atoms with Crippen LogP contribution in [0.5, 0.6) is 11.5 Å². The molecule has 0 aromatic heterocycles. The largest absolute Gasteiger partial charge is 0.496 e. The van der Waals surface area contributed by atoms with Gasteiger partial charge in [0.15, 0.2) is 0 Å². The Balaban J connectivity index is 1.38. The lowest BCUT2D eigenvalue weighted by Gasteiger charge is -2.39. The molecule has 2 aliphatic rings. The van der Waals surface area contributed by atoms with Crippen LogP contribution in [-0.2, 0) is 6.54 Å². The SMILES string of the molecule is COc1ccccc1CN1CC[C@@]2(CCCN(C(=O)Oc3ccccc3)C2)C1. The van der Waals surface area contributed by atoms with Gasteiger partial charge in [0, 0.05) is 37.2 Å². The van der Waals surface area contributed by atoms with Gasteiger partial charge in [-0.2, -0.15) is 0 Å². The molecule has 148 valence electrons. The summed E-state index contributed by atoms with van der Waals surface area (Å²) in [5.41, 5.74) is 1.40. The second-order valence-electron chi connectivity index (χ2n) is 7.98. The molecule has 1 amide bonds. The number of amides is 1. The van der Waals surface area contributed by atoms with Crippen molar-refractivity contribution in [2.75, 3.05) is 33.3 Å². The highest BCUT2D eigenvalue weighted by atomic mass is 16.6. The maximum absolute atomic E-state index is 12.6. The molecule has 2 heterocycles. The van der Waals surface area contributed by atoms with Crippen molar-refractivity contribution >= 4 is 6.09 Å². The van der Waals surface area contributed by atoms with E-state index >= 15 is 0 Å². The van der Waals surface area contributed by atoms with E-state index in [0.717, 1.165) is 51.3 Å². The number of likely N-dealkylation sites (tertiary alicyclic amines) is 2. The van der Waals surface area contributed by atoms with E-state index < -0.39 is 0 Å². The second-order valence-corrected chi connectivity index (χ2v) is 7.98. The van der Waals surface area contributed by atoms with Gasteiger partial charge in [-0.3, -0.25) is 4.90 Å². The third-order valence-corrected chi connectivity index (χ3v) is 5.97. The summed E-state index contributed by atoms with van der Waals surface area (Å²) in [6.07, 6.45) is 3.10. The van der Waals surface area contributed by atoms with Gasteiger partial charge < -0.3 is 14.4 Å². The monoisotopic (exact) mass is 380 g/mol. The highest BCUT2D eigenvalue weighted by molar-refractivity contribution is 5.70. The molecule has 0 bridgehead atoms. The molecule has 5 nitrogen and oxygen atoms in total. The minimum absolute atomic E-state index is 0.177. The van der Waals surface area contributed by atoms with Gasteiger partial charge in [-0.1, -0.05) is 36.4 Å². The van der Waals surface area contributed by atoms with Gasteiger partial charge in [0.05, 0.1) is 7.11 Å². The van der Waals surface area contributed by atoms with Gasteiger partial charge in [0.1, 0.15) is 11.5 Å². The number of methoxy groups -OCH3 is 1. The first kappa shape index (κ1) is 18.8. The molecule has 0 radical (unpaired) electrons. The molecule has 0 saturated carbocycles. The van der Waals surface area contributed by atoms with E-state index in [2.05, 4.69) is 17.0 Å². The molecule has 4 rings (SSSR count). The molecule has 1 atom stereocenters. The molecule has 2 aliphatic heterocycles. The highest BCUT2D eigenvalue weighted by Crippen LogP contribution is 2.40. The molecular weight excluding hydrogens is 352 g/mol. The van der Waals surface area contributed by atoms with Crippen LogP contribution < -0.4 is 9.47 Å². The summed E-state index contributed by atoms with van der Waals surface area (Å²) in [6.45, 7) is 4.51. The number of benzene rings is 2. The first-order valence-electron chi connectivity index (χ1n) is 10.0. The third kappa shape index (κ3) is 4.14. The van der Waals surface area contributed by atoms with Crippen molar-refractivity contribution in [3.05, 3.63) is 60.2 Å². The topological polar surface area (TPSA) is 42.0 Å². The van der Waals surface area contributed by atoms with Crippen molar-refractivity contribution in [1.82, 2.24) is 9.80 Å². The normalized spacial score (nSPS) is 22.4. The Hall–Kier alpha value is -2.53. The molecule has 2 aromatic carbocycles. The van der Waals surface area contributed by atoms with Crippen molar-refractivity contribution in [2.45, 2.75) is 25.8 Å². The average Bonchev–Trinajstić information content (AvgIpc) is 3.10. The van der Waals surface area contributed by atoms with E-state index in [0.29, 0.717) is 5.75 Å². The van der Waals surface area contributed by atoms with Crippen LogP contribution in [0.3, 0.4) is 0 Å². The van der Waals surface area contributed by atoms with Gasteiger partial charge in [0.25, 0.3) is 0 Å². The zero-order valence-corrected chi connectivity index (χ0v) is 16.5. The number of piperidine rings is 1. The number of hydrogen-bond acceptors (Lipinski definition) is 4. The summed E-state index contributed by atoms with van der Waals surface area (Å²) in [5.74, 6) is 1.55. The first-order valence-corrected chi connectivity index (χ1v) is 10.0. The number of carbonyl (C=O) groups is 1. The maximum Gasteiger partial charge on any atom is 0.415 e. The quantitative estimate of drug-likeness (QED) is 0.798. The first-order chi connectivity index (χ1) is 13.7. The number of rotatable bonds is 4. The van der Waals surface area contributed by atoms with Crippen molar-refractivity contribution in [1.29, 1.82) is 0 Å². The molecule has 2 aromatic rings. The Bertz CT molecular complexity index is 811. The summed E-state index contributed by atoms with van der Waals surface area (Å²) in [5, 5.41) is 0.